The maximum absolute atomic E-state index is 13.1. The number of hydrogen-bond acceptors (Lipinski definition) is 3. The van der Waals surface area contributed by atoms with Crippen molar-refractivity contribution < 1.29 is 13.9 Å². The summed E-state index contributed by atoms with van der Waals surface area (Å²) in [5.74, 6) is -0.253. The fraction of sp³-hybridized carbons (Fsp3) is 0.667. The normalized spacial score (nSPS) is 23.9. The lowest BCUT2D eigenvalue weighted by atomic mass is 10.00. The Morgan fingerprint density at radius 3 is 2.37 bits per heavy atom. The van der Waals surface area contributed by atoms with Gasteiger partial charge in [0.2, 0.25) is 0 Å². The predicted octanol–water partition coefficient (Wildman–Crippen LogP) is 3.39. The number of benzene rings is 1. The molecular formula is C21H32FN3O2. The number of ether oxygens (including phenoxy) is 1. The summed E-state index contributed by atoms with van der Waals surface area (Å²) in [7, 11) is 0. The van der Waals surface area contributed by atoms with Gasteiger partial charge < -0.3 is 15.0 Å². The number of urea groups is 1. The van der Waals surface area contributed by atoms with Gasteiger partial charge in [-0.25, -0.2) is 9.18 Å². The van der Waals surface area contributed by atoms with E-state index in [1.165, 1.54) is 12.1 Å². The monoisotopic (exact) mass is 377 g/mol. The van der Waals surface area contributed by atoms with Crippen LogP contribution in [-0.4, -0.2) is 59.3 Å². The number of morpholine rings is 1. The van der Waals surface area contributed by atoms with E-state index in [0.717, 1.165) is 31.5 Å². The summed E-state index contributed by atoms with van der Waals surface area (Å²) in [5.41, 5.74) is 0.807. The summed E-state index contributed by atoms with van der Waals surface area (Å²) in [6.45, 7) is 11.4. The molecule has 27 heavy (non-hydrogen) atoms. The van der Waals surface area contributed by atoms with E-state index < -0.39 is 0 Å². The van der Waals surface area contributed by atoms with Gasteiger partial charge in [0.15, 0.2) is 0 Å². The van der Waals surface area contributed by atoms with Crippen molar-refractivity contribution in [3.63, 3.8) is 0 Å². The maximum atomic E-state index is 13.1. The van der Waals surface area contributed by atoms with Gasteiger partial charge in [0.25, 0.3) is 0 Å². The van der Waals surface area contributed by atoms with Gasteiger partial charge in [-0.2, -0.15) is 0 Å². The number of carbonyl (C=O) groups excluding carboxylic acids is 1. The average molecular weight is 378 g/mol. The second-order valence-corrected chi connectivity index (χ2v) is 8.62. The Bertz CT molecular complexity index is 635. The first-order valence-corrected chi connectivity index (χ1v) is 9.94. The molecule has 0 bridgehead atoms. The first-order valence-electron chi connectivity index (χ1n) is 9.94. The van der Waals surface area contributed by atoms with Crippen LogP contribution < -0.4 is 5.32 Å². The Kier molecular flexibility index (Phi) is 6.06. The molecule has 1 saturated carbocycles. The van der Waals surface area contributed by atoms with Crippen LogP contribution in [-0.2, 0) is 11.3 Å². The molecule has 0 radical (unpaired) electrons. The Labute approximate surface area is 161 Å². The number of hydrogen-bond donors (Lipinski definition) is 1. The van der Waals surface area contributed by atoms with E-state index in [-0.39, 0.29) is 29.6 Å². The highest BCUT2D eigenvalue weighted by Gasteiger charge is 2.36. The molecule has 1 saturated heterocycles. The van der Waals surface area contributed by atoms with Crippen molar-refractivity contribution in [1.29, 1.82) is 0 Å². The van der Waals surface area contributed by atoms with Crippen LogP contribution in [0, 0.1) is 5.82 Å². The molecule has 1 aliphatic carbocycles. The zero-order valence-electron chi connectivity index (χ0n) is 16.9. The van der Waals surface area contributed by atoms with Crippen LogP contribution in [0.2, 0.25) is 0 Å². The van der Waals surface area contributed by atoms with Crippen molar-refractivity contribution in [2.45, 2.75) is 70.9 Å². The van der Waals surface area contributed by atoms with Crippen molar-refractivity contribution in [3.05, 3.63) is 35.6 Å². The van der Waals surface area contributed by atoms with E-state index in [1.807, 2.05) is 4.90 Å². The Hall–Kier alpha value is -1.66. The minimum atomic E-state index is -0.253. The SMILES string of the molecule is CC1CN(C(C)(C)CNC(=O)N(Cc2ccc(F)cc2)C2CC2)CC(C)O1. The highest BCUT2D eigenvalue weighted by Crippen LogP contribution is 2.29. The van der Waals surface area contributed by atoms with Gasteiger partial charge >= 0.3 is 6.03 Å². The average Bonchev–Trinajstić information content (AvgIpc) is 3.43. The summed E-state index contributed by atoms with van der Waals surface area (Å²) < 4.78 is 19.0. The molecule has 1 N–H and O–H groups in total. The highest BCUT2D eigenvalue weighted by atomic mass is 19.1. The third-order valence-electron chi connectivity index (χ3n) is 5.46. The second kappa shape index (κ2) is 8.15. The molecule has 0 aromatic heterocycles. The van der Waals surface area contributed by atoms with Gasteiger partial charge in [0, 0.05) is 37.8 Å². The second-order valence-electron chi connectivity index (χ2n) is 8.62. The van der Waals surface area contributed by atoms with Gasteiger partial charge in [-0.3, -0.25) is 4.90 Å². The van der Waals surface area contributed by atoms with E-state index in [1.54, 1.807) is 12.1 Å². The smallest absolute Gasteiger partial charge is 0.318 e. The molecule has 0 spiro atoms. The number of amides is 2. The number of halogens is 1. The summed E-state index contributed by atoms with van der Waals surface area (Å²) in [4.78, 5) is 17.1. The molecule has 1 aromatic rings. The third-order valence-corrected chi connectivity index (χ3v) is 5.46. The molecule has 1 aromatic carbocycles. The summed E-state index contributed by atoms with van der Waals surface area (Å²) in [6.07, 6.45) is 2.47. The topological polar surface area (TPSA) is 44.8 Å². The van der Waals surface area contributed by atoms with Crippen molar-refractivity contribution in [3.8, 4) is 0 Å². The Morgan fingerprint density at radius 2 is 1.81 bits per heavy atom. The highest BCUT2D eigenvalue weighted by molar-refractivity contribution is 5.75. The molecule has 2 atom stereocenters. The van der Waals surface area contributed by atoms with E-state index in [0.29, 0.717) is 19.1 Å². The van der Waals surface area contributed by atoms with Crippen molar-refractivity contribution >= 4 is 6.03 Å². The molecule has 2 unspecified atom stereocenters. The number of carbonyl (C=O) groups is 1. The lowest BCUT2D eigenvalue weighted by Crippen LogP contribution is -2.59. The van der Waals surface area contributed by atoms with E-state index in [9.17, 15) is 9.18 Å². The van der Waals surface area contributed by atoms with Gasteiger partial charge in [-0.15, -0.1) is 0 Å². The number of nitrogens with one attached hydrogen (secondary N) is 1. The van der Waals surface area contributed by atoms with Crippen LogP contribution in [0.1, 0.15) is 46.1 Å². The van der Waals surface area contributed by atoms with E-state index >= 15 is 0 Å². The molecule has 2 fully saturated rings. The van der Waals surface area contributed by atoms with Gasteiger partial charge in [-0.1, -0.05) is 12.1 Å². The first kappa shape index (κ1) is 20.1. The maximum Gasteiger partial charge on any atom is 0.318 e. The molecular weight excluding hydrogens is 345 g/mol. The van der Waals surface area contributed by atoms with Gasteiger partial charge in [0.05, 0.1) is 12.2 Å². The fourth-order valence-corrected chi connectivity index (χ4v) is 3.72. The minimum absolute atomic E-state index is 0.0377. The summed E-state index contributed by atoms with van der Waals surface area (Å²) in [6, 6.07) is 6.65. The van der Waals surface area contributed by atoms with Crippen molar-refractivity contribution in [2.75, 3.05) is 19.6 Å². The van der Waals surface area contributed by atoms with Crippen LogP contribution in [0.25, 0.3) is 0 Å². The quantitative estimate of drug-likeness (QED) is 0.827. The van der Waals surface area contributed by atoms with Crippen LogP contribution in [0.5, 0.6) is 0 Å². The zero-order valence-corrected chi connectivity index (χ0v) is 16.9. The lowest BCUT2D eigenvalue weighted by Gasteiger charge is -2.45. The first-order chi connectivity index (χ1) is 12.7. The lowest BCUT2D eigenvalue weighted by molar-refractivity contribution is -0.0948. The summed E-state index contributed by atoms with van der Waals surface area (Å²) >= 11 is 0. The van der Waals surface area contributed by atoms with Gasteiger partial charge in [-0.05, 0) is 58.2 Å². The Morgan fingerprint density at radius 1 is 1.22 bits per heavy atom. The predicted molar refractivity (Wildman–Crippen MR) is 104 cm³/mol. The molecule has 2 aliphatic rings. The zero-order chi connectivity index (χ0) is 19.6. The minimum Gasteiger partial charge on any atom is -0.373 e. The van der Waals surface area contributed by atoms with Gasteiger partial charge in [0.1, 0.15) is 5.82 Å². The molecule has 2 amide bonds. The molecule has 5 nitrogen and oxygen atoms in total. The molecule has 150 valence electrons. The van der Waals surface area contributed by atoms with Crippen LogP contribution in [0.15, 0.2) is 24.3 Å². The number of nitrogens with zero attached hydrogens (tertiary/aromatic N) is 2. The fourth-order valence-electron chi connectivity index (χ4n) is 3.72. The molecule has 1 aliphatic heterocycles. The van der Waals surface area contributed by atoms with Crippen molar-refractivity contribution in [2.24, 2.45) is 0 Å². The summed E-state index contributed by atoms with van der Waals surface area (Å²) in [5, 5.41) is 3.13. The standard InChI is InChI=1S/C21H32FN3O2/c1-15-11-24(12-16(2)27-15)21(3,4)14-23-20(26)25(19-9-10-19)13-17-5-7-18(22)8-6-17/h5-8,15-16,19H,9-14H2,1-4H3,(H,23,26). The van der Waals surface area contributed by atoms with E-state index in [2.05, 4.69) is 37.9 Å². The van der Waals surface area contributed by atoms with Crippen LogP contribution in [0.4, 0.5) is 9.18 Å². The van der Waals surface area contributed by atoms with E-state index in [4.69, 9.17) is 4.74 Å². The van der Waals surface area contributed by atoms with Crippen LogP contribution >= 0.6 is 0 Å². The molecule has 3 rings (SSSR count). The van der Waals surface area contributed by atoms with Crippen LogP contribution in [0.3, 0.4) is 0 Å². The largest absolute Gasteiger partial charge is 0.373 e. The Balaban J connectivity index is 1.58. The van der Waals surface area contributed by atoms with Crippen molar-refractivity contribution in [1.82, 2.24) is 15.1 Å². The molecule has 6 heteroatoms. The number of rotatable bonds is 6. The third kappa shape index (κ3) is 5.42. The molecule has 1 heterocycles.